The van der Waals surface area contributed by atoms with E-state index in [0.717, 1.165) is 10.0 Å². The van der Waals surface area contributed by atoms with Crippen molar-refractivity contribution in [3.63, 3.8) is 0 Å². The molecule has 5 heteroatoms. The second kappa shape index (κ2) is 9.06. The Balaban J connectivity index is 1.58. The number of halogens is 1. The summed E-state index contributed by atoms with van der Waals surface area (Å²) in [5.41, 5.74) is 1.65. The summed E-state index contributed by atoms with van der Waals surface area (Å²) < 4.78 is 12.3. The Bertz CT molecular complexity index is 868. The van der Waals surface area contributed by atoms with Crippen LogP contribution in [0.1, 0.15) is 5.56 Å². The van der Waals surface area contributed by atoms with Gasteiger partial charge in [0.2, 0.25) is 0 Å². The Morgan fingerprint density at radius 2 is 1.65 bits per heavy atom. The minimum absolute atomic E-state index is 0.0655. The summed E-state index contributed by atoms with van der Waals surface area (Å²) in [7, 11) is 0. The lowest BCUT2D eigenvalue weighted by atomic mass is 10.2. The highest BCUT2D eigenvalue weighted by Gasteiger charge is 2.09. The summed E-state index contributed by atoms with van der Waals surface area (Å²) in [5.74, 6) is 1.02. The van der Waals surface area contributed by atoms with Crippen LogP contribution in [0, 0.1) is 0 Å². The van der Waals surface area contributed by atoms with Gasteiger partial charge in [-0.3, -0.25) is 4.79 Å². The SMILES string of the molecule is O=C(COc1ccccc1)Nc1ccccc1OCc1cccc(Br)c1. The first kappa shape index (κ1) is 18.0. The molecule has 4 nitrogen and oxygen atoms in total. The third-order valence-corrected chi connectivity index (χ3v) is 4.05. The summed E-state index contributed by atoms with van der Waals surface area (Å²) in [6.07, 6.45) is 0. The van der Waals surface area contributed by atoms with Crippen LogP contribution in [0.3, 0.4) is 0 Å². The largest absolute Gasteiger partial charge is 0.487 e. The number of rotatable bonds is 7. The van der Waals surface area contributed by atoms with Crippen molar-refractivity contribution in [1.29, 1.82) is 0 Å². The van der Waals surface area contributed by atoms with Crippen molar-refractivity contribution in [3.8, 4) is 11.5 Å². The van der Waals surface area contributed by atoms with E-state index in [-0.39, 0.29) is 12.5 Å². The molecule has 0 unspecified atom stereocenters. The van der Waals surface area contributed by atoms with Crippen LogP contribution in [-0.4, -0.2) is 12.5 Å². The Morgan fingerprint density at radius 1 is 0.885 bits per heavy atom. The van der Waals surface area contributed by atoms with Gasteiger partial charge in [0.05, 0.1) is 5.69 Å². The van der Waals surface area contributed by atoms with E-state index < -0.39 is 0 Å². The van der Waals surface area contributed by atoms with Gasteiger partial charge in [-0.25, -0.2) is 0 Å². The molecule has 0 radical (unpaired) electrons. The van der Waals surface area contributed by atoms with Crippen LogP contribution in [0.25, 0.3) is 0 Å². The van der Waals surface area contributed by atoms with Crippen LogP contribution in [-0.2, 0) is 11.4 Å². The molecule has 0 spiro atoms. The molecule has 0 saturated heterocycles. The number of hydrogen-bond acceptors (Lipinski definition) is 3. The molecule has 0 atom stereocenters. The first-order valence-corrected chi connectivity index (χ1v) is 8.94. The minimum Gasteiger partial charge on any atom is -0.487 e. The molecule has 0 saturated carbocycles. The van der Waals surface area contributed by atoms with Crippen molar-refractivity contribution in [1.82, 2.24) is 0 Å². The summed E-state index contributed by atoms with van der Waals surface area (Å²) in [6.45, 7) is 0.344. The highest BCUT2D eigenvalue weighted by atomic mass is 79.9. The number of carbonyl (C=O) groups excluding carboxylic acids is 1. The van der Waals surface area contributed by atoms with Crippen LogP contribution < -0.4 is 14.8 Å². The Hall–Kier alpha value is -2.79. The number of nitrogens with one attached hydrogen (secondary N) is 1. The van der Waals surface area contributed by atoms with E-state index in [9.17, 15) is 4.79 Å². The molecule has 0 aliphatic rings. The lowest BCUT2D eigenvalue weighted by molar-refractivity contribution is -0.118. The van der Waals surface area contributed by atoms with Crippen LogP contribution >= 0.6 is 15.9 Å². The monoisotopic (exact) mass is 411 g/mol. The minimum atomic E-state index is -0.243. The van der Waals surface area contributed by atoms with Gasteiger partial charge in [0.15, 0.2) is 6.61 Å². The maximum atomic E-state index is 12.2. The highest BCUT2D eigenvalue weighted by molar-refractivity contribution is 9.10. The van der Waals surface area contributed by atoms with Gasteiger partial charge in [0, 0.05) is 4.47 Å². The fraction of sp³-hybridized carbons (Fsp3) is 0.0952. The summed E-state index contributed by atoms with van der Waals surface area (Å²) in [4.78, 5) is 12.2. The predicted molar refractivity (Wildman–Crippen MR) is 105 cm³/mol. The molecule has 1 amide bonds. The molecule has 1 N–H and O–H groups in total. The number of benzene rings is 3. The van der Waals surface area contributed by atoms with E-state index in [4.69, 9.17) is 9.47 Å². The number of ether oxygens (including phenoxy) is 2. The fourth-order valence-corrected chi connectivity index (χ4v) is 2.78. The van der Waals surface area contributed by atoms with Gasteiger partial charge < -0.3 is 14.8 Å². The molecule has 0 aliphatic heterocycles. The molecule has 0 aromatic heterocycles. The van der Waals surface area contributed by atoms with Crippen LogP contribution in [0.4, 0.5) is 5.69 Å². The standard InChI is InChI=1S/C21H18BrNO3/c22-17-8-6-7-16(13-17)14-26-20-12-5-4-11-19(20)23-21(24)15-25-18-9-2-1-3-10-18/h1-13H,14-15H2,(H,23,24). The molecule has 0 aliphatic carbocycles. The van der Waals surface area contributed by atoms with Crippen molar-refractivity contribution in [2.24, 2.45) is 0 Å². The molecule has 3 aromatic rings. The van der Waals surface area contributed by atoms with Crippen molar-refractivity contribution < 1.29 is 14.3 Å². The smallest absolute Gasteiger partial charge is 0.262 e. The maximum absolute atomic E-state index is 12.2. The third-order valence-electron chi connectivity index (χ3n) is 3.56. The lowest BCUT2D eigenvalue weighted by Gasteiger charge is -2.13. The Kier molecular flexibility index (Phi) is 6.28. The van der Waals surface area contributed by atoms with Gasteiger partial charge in [-0.2, -0.15) is 0 Å². The van der Waals surface area contributed by atoms with Crippen molar-refractivity contribution >= 4 is 27.5 Å². The topological polar surface area (TPSA) is 47.6 Å². The average Bonchev–Trinajstić information content (AvgIpc) is 2.67. The van der Waals surface area contributed by atoms with Crippen LogP contribution in [0.2, 0.25) is 0 Å². The van der Waals surface area contributed by atoms with Crippen LogP contribution in [0.15, 0.2) is 83.3 Å². The molecule has 0 fully saturated rings. The molecule has 26 heavy (non-hydrogen) atoms. The van der Waals surface area contributed by atoms with E-state index in [2.05, 4.69) is 21.2 Å². The molecule has 0 heterocycles. The predicted octanol–water partition coefficient (Wildman–Crippen LogP) is 5.05. The van der Waals surface area contributed by atoms with Gasteiger partial charge in [0.25, 0.3) is 5.91 Å². The number of hydrogen-bond donors (Lipinski definition) is 1. The van der Waals surface area contributed by atoms with Gasteiger partial charge in [-0.05, 0) is 42.0 Å². The van der Waals surface area contributed by atoms with Gasteiger partial charge >= 0.3 is 0 Å². The van der Waals surface area contributed by atoms with Gasteiger partial charge in [0.1, 0.15) is 18.1 Å². The van der Waals surface area contributed by atoms with Crippen molar-refractivity contribution in [2.75, 3.05) is 11.9 Å². The van der Waals surface area contributed by atoms with Gasteiger partial charge in [-0.1, -0.05) is 58.4 Å². The fourth-order valence-electron chi connectivity index (χ4n) is 2.34. The quantitative estimate of drug-likeness (QED) is 0.591. The first-order valence-electron chi connectivity index (χ1n) is 8.15. The Morgan fingerprint density at radius 3 is 2.46 bits per heavy atom. The summed E-state index contributed by atoms with van der Waals surface area (Å²) in [5, 5.41) is 2.83. The first-order chi connectivity index (χ1) is 12.7. The molecule has 3 aromatic carbocycles. The van der Waals surface area contributed by atoms with E-state index in [0.29, 0.717) is 23.8 Å². The zero-order valence-corrected chi connectivity index (χ0v) is 15.6. The lowest BCUT2D eigenvalue weighted by Crippen LogP contribution is -2.20. The molecule has 132 valence electrons. The maximum Gasteiger partial charge on any atom is 0.262 e. The van der Waals surface area contributed by atoms with Crippen molar-refractivity contribution in [2.45, 2.75) is 6.61 Å². The number of anilines is 1. The highest BCUT2D eigenvalue weighted by Crippen LogP contribution is 2.25. The Labute approximate surface area is 160 Å². The number of carbonyl (C=O) groups is 1. The van der Waals surface area contributed by atoms with E-state index in [1.807, 2.05) is 72.8 Å². The van der Waals surface area contributed by atoms with Crippen molar-refractivity contribution in [3.05, 3.63) is 88.9 Å². The molecular formula is C21H18BrNO3. The molecular weight excluding hydrogens is 394 g/mol. The summed E-state index contributed by atoms with van der Waals surface area (Å²) >= 11 is 3.45. The summed E-state index contributed by atoms with van der Waals surface area (Å²) in [6, 6.07) is 24.5. The number of para-hydroxylation sites is 3. The second-order valence-electron chi connectivity index (χ2n) is 5.56. The average molecular weight is 412 g/mol. The zero-order chi connectivity index (χ0) is 18.2. The number of amides is 1. The molecule has 3 rings (SSSR count). The zero-order valence-electron chi connectivity index (χ0n) is 14.0. The third kappa shape index (κ3) is 5.36. The second-order valence-corrected chi connectivity index (χ2v) is 6.48. The normalized spacial score (nSPS) is 10.2. The van der Waals surface area contributed by atoms with E-state index in [1.54, 1.807) is 6.07 Å². The van der Waals surface area contributed by atoms with Gasteiger partial charge in [-0.15, -0.1) is 0 Å². The van der Waals surface area contributed by atoms with E-state index in [1.165, 1.54) is 0 Å². The van der Waals surface area contributed by atoms with E-state index >= 15 is 0 Å². The molecule has 0 bridgehead atoms. The van der Waals surface area contributed by atoms with Crippen LogP contribution in [0.5, 0.6) is 11.5 Å².